The molecule has 4 rings (SSSR count). The highest BCUT2D eigenvalue weighted by atomic mass is 16.2. The summed E-state index contributed by atoms with van der Waals surface area (Å²) >= 11 is 0. The Kier molecular flexibility index (Phi) is 3.76. The predicted molar refractivity (Wildman–Crippen MR) is 96.4 cm³/mol. The molecule has 1 saturated heterocycles. The monoisotopic (exact) mass is 317 g/mol. The summed E-state index contributed by atoms with van der Waals surface area (Å²) in [4.78, 5) is 15.0. The molecule has 0 unspecified atom stereocenters. The number of amides is 1. The standard InChI is InChI=1S/C22H23NO/c1-2-18-13-14-22(19-11-7-4-8-12-19)15-20(24)23(21(18)22)16-17-9-5-3-6-10-17/h2-12,18,21H,1,13-16H2/t18-,21+,22+/m1/s1. The molecule has 3 atom stereocenters. The van der Waals surface area contributed by atoms with Gasteiger partial charge in [-0.1, -0.05) is 66.7 Å². The van der Waals surface area contributed by atoms with Crippen molar-refractivity contribution in [2.75, 3.05) is 0 Å². The molecule has 0 N–H and O–H groups in total. The Bertz CT molecular complexity index is 739. The molecule has 1 heterocycles. The van der Waals surface area contributed by atoms with Crippen LogP contribution in [0.15, 0.2) is 73.3 Å². The normalized spacial score (nSPS) is 28.8. The van der Waals surface area contributed by atoms with E-state index in [4.69, 9.17) is 0 Å². The molecule has 1 amide bonds. The number of carbonyl (C=O) groups is 1. The van der Waals surface area contributed by atoms with Crippen LogP contribution >= 0.6 is 0 Å². The highest BCUT2D eigenvalue weighted by Gasteiger charge is 2.58. The van der Waals surface area contributed by atoms with Crippen LogP contribution in [0.5, 0.6) is 0 Å². The Morgan fingerprint density at radius 2 is 1.75 bits per heavy atom. The molecule has 0 aromatic heterocycles. The molecule has 1 aliphatic carbocycles. The van der Waals surface area contributed by atoms with Crippen molar-refractivity contribution in [2.45, 2.75) is 37.3 Å². The average Bonchev–Trinajstić information content (AvgIpc) is 3.12. The van der Waals surface area contributed by atoms with Gasteiger partial charge in [0.15, 0.2) is 0 Å². The van der Waals surface area contributed by atoms with Crippen molar-refractivity contribution in [1.29, 1.82) is 0 Å². The van der Waals surface area contributed by atoms with Gasteiger partial charge >= 0.3 is 0 Å². The van der Waals surface area contributed by atoms with E-state index in [0.29, 0.717) is 18.9 Å². The molecule has 2 aliphatic rings. The Hall–Kier alpha value is -2.35. The number of rotatable bonds is 4. The molecule has 1 saturated carbocycles. The predicted octanol–water partition coefficient (Wildman–Crippen LogP) is 4.32. The molecule has 24 heavy (non-hydrogen) atoms. The van der Waals surface area contributed by atoms with Crippen molar-refractivity contribution in [1.82, 2.24) is 4.90 Å². The molecule has 2 nitrogen and oxygen atoms in total. The summed E-state index contributed by atoms with van der Waals surface area (Å²) in [6, 6.07) is 21.2. The van der Waals surface area contributed by atoms with Crippen molar-refractivity contribution < 1.29 is 4.79 Å². The lowest BCUT2D eigenvalue weighted by molar-refractivity contribution is -0.130. The van der Waals surface area contributed by atoms with Crippen LogP contribution in [0.3, 0.4) is 0 Å². The number of hydrogen-bond donors (Lipinski definition) is 0. The highest BCUT2D eigenvalue weighted by molar-refractivity contribution is 5.82. The summed E-state index contributed by atoms with van der Waals surface area (Å²) in [6.45, 7) is 4.75. The molecule has 2 fully saturated rings. The minimum absolute atomic E-state index is 0.0496. The zero-order chi connectivity index (χ0) is 16.6. The fourth-order valence-corrected chi connectivity index (χ4v) is 4.79. The van der Waals surface area contributed by atoms with Crippen LogP contribution in [0.4, 0.5) is 0 Å². The SMILES string of the molecule is C=C[C@@H]1CC[C@@]2(c3ccccc3)CC(=O)N(Cc3ccccc3)[C@@H]12. The van der Waals surface area contributed by atoms with Gasteiger partial charge in [-0.05, 0) is 29.9 Å². The molecule has 0 bridgehead atoms. The van der Waals surface area contributed by atoms with Gasteiger partial charge in [0.25, 0.3) is 0 Å². The Morgan fingerprint density at radius 1 is 1.08 bits per heavy atom. The Morgan fingerprint density at radius 3 is 2.42 bits per heavy atom. The van der Waals surface area contributed by atoms with E-state index in [9.17, 15) is 4.79 Å². The van der Waals surface area contributed by atoms with Crippen LogP contribution in [-0.4, -0.2) is 16.8 Å². The van der Waals surface area contributed by atoms with E-state index in [1.165, 1.54) is 11.1 Å². The lowest BCUT2D eigenvalue weighted by Crippen LogP contribution is -2.42. The summed E-state index contributed by atoms with van der Waals surface area (Å²) in [5, 5.41) is 0. The van der Waals surface area contributed by atoms with Gasteiger partial charge in [-0.25, -0.2) is 0 Å². The molecular weight excluding hydrogens is 294 g/mol. The fraction of sp³-hybridized carbons (Fsp3) is 0.318. The van der Waals surface area contributed by atoms with Crippen molar-refractivity contribution in [3.63, 3.8) is 0 Å². The van der Waals surface area contributed by atoms with E-state index in [-0.39, 0.29) is 17.4 Å². The zero-order valence-electron chi connectivity index (χ0n) is 13.9. The first-order chi connectivity index (χ1) is 11.7. The lowest BCUT2D eigenvalue weighted by atomic mass is 9.74. The van der Waals surface area contributed by atoms with Crippen molar-refractivity contribution in [3.05, 3.63) is 84.4 Å². The fourth-order valence-electron chi connectivity index (χ4n) is 4.79. The average molecular weight is 317 g/mol. The Balaban J connectivity index is 1.74. The number of carbonyl (C=O) groups excluding carboxylic acids is 1. The second kappa shape index (κ2) is 5.94. The second-order valence-electron chi connectivity index (χ2n) is 7.09. The maximum Gasteiger partial charge on any atom is 0.224 e. The van der Waals surface area contributed by atoms with E-state index in [2.05, 4.69) is 54.0 Å². The van der Waals surface area contributed by atoms with E-state index >= 15 is 0 Å². The van der Waals surface area contributed by atoms with Crippen LogP contribution in [-0.2, 0) is 16.8 Å². The van der Waals surface area contributed by atoms with E-state index in [1.807, 2.05) is 24.3 Å². The summed E-state index contributed by atoms with van der Waals surface area (Å²) in [6.07, 6.45) is 4.86. The largest absolute Gasteiger partial charge is 0.334 e. The third kappa shape index (κ3) is 2.29. The maximum atomic E-state index is 12.9. The van der Waals surface area contributed by atoms with Gasteiger partial charge in [0.05, 0.1) is 0 Å². The van der Waals surface area contributed by atoms with Gasteiger partial charge in [-0.2, -0.15) is 0 Å². The van der Waals surface area contributed by atoms with Gasteiger partial charge in [-0.15, -0.1) is 6.58 Å². The van der Waals surface area contributed by atoms with Crippen molar-refractivity contribution in [3.8, 4) is 0 Å². The maximum absolute atomic E-state index is 12.9. The van der Waals surface area contributed by atoms with E-state index in [0.717, 1.165) is 12.8 Å². The van der Waals surface area contributed by atoms with Crippen molar-refractivity contribution in [2.24, 2.45) is 5.92 Å². The van der Waals surface area contributed by atoms with E-state index < -0.39 is 0 Å². The minimum atomic E-state index is -0.0496. The molecule has 2 aromatic rings. The third-order valence-corrected chi connectivity index (χ3v) is 5.87. The molecule has 0 radical (unpaired) electrons. The Labute approximate surface area is 143 Å². The first kappa shape index (κ1) is 15.2. The van der Waals surface area contributed by atoms with Crippen LogP contribution in [0.1, 0.15) is 30.4 Å². The van der Waals surface area contributed by atoms with Gasteiger partial charge in [-0.3, -0.25) is 4.79 Å². The van der Waals surface area contributed by atoms with Gasteiger partial charge in [0, 0.05) is 24.4 Å². The number of nitrogens with zero attached hydrogens (tertiary/aromatic N) is 1. The smallest absolute Gasteiger partial charge is 0.224 e. The molecule has 2 aromatic carbocycles. The molecule has 122 valence electrons. The summed E-state index contributed by atoms with van der Waals surface area (Å²) in [5.74, 6) is 0.652. The van der Waals surface area contributed by atoms with Gasteiger partial charge in [0.1, 0.15) is 0 Å². The van der Waals surface area contributed by atoms with Crippen LogP contribution in [0.25, 0.3) is 0 Å². The summed E-state index contributed by atoms with van der Waals surface area (Å²) < 4.78 is 0. The topological polar surface area (TPSA) is 20.3 Å². The number of fused-ring (bicyclic) bond motifs is 1. The molecule has 1 aliphatic heterocycles. The zero-order valence-corrected chi connectivity index (χ0v) is 13.9. The van der Waals surface area contributed by atoms with E-state index in [1.54, 1.807) is 0 Å². The lowest BCUT2D eigenvalue weighted by Gasteiger charge is -2.35. The number of hydrogen-bond acceptors (Lipinski definition) is 1. The number of benzene rings is 2. The first-order valence-electron chi connectivity index (χ1n) is 8.76. The second-order valence-corrected chi connectivity index (χ2v) is 7.09. The van der Waals surface area contributed by atoms with Gasteiger partial charge < -0.3 is 4.90 Å². The van der Waals surface area contributed by atoms with Crippen LogP contribution in [0.2, 0.25) is 0 Å². The van der Waals surface area contributed by atoms with Crippen molar-refractivity contribution >= 4 is 5.91 Å². The summed E-state index contributed by atoms with van der Waals surface area (Å²) in [5.41, 5.74) is 2.46. The highest BCUT2D eigenvalue weighted by Crippen LogP contribution is 2.54. The molecule has 0 spiro atoms. The minimum Gasteiger partial charge on any atom is -0.334 e. The number of likely N-dealkylation sites (tertiary alicyclic amines) is 1. The molecular formula is C22H23NO. The van der Waals surface area contributed by atoms with Crippen LogP contribution in [0, 0.1) is 5.92 Å². The molecule has 2 heteroatoms. The third-order valence-electron chi connectivity index (χ3n) is 5.87. The van der Waals surface area contributed by atoms with Gasteiger partial charge in [0.2, 0.25) is 5.91 Å². The first-order valence-corrected chi connectivity index (χ1v) is 8.76. The van der Waals surface area contributed by atoms with Crippen LogP contribution < -0.4 is 0 Å². The quantitative estimate of drug-likeness (QED) is 0.769. The summed E-state index contributed by atoms with van der Waals surface area (Å²) in [7, 11) is 0.